The van der Waals surface area contributed by atoms with Crippen LogP contribution in [0.1, 0.15) is 32.8 Å². The summed E-state index contributed by atoms with van der Waals surface area (Å²) in [6, 6.07) is 8.42. The van der Waals surface area contributed by atoms with Crippen LogP contribution >= 0.6 is 11.6 Å². The molecule has 0 aliphatic rings. The summed E-state index contributed by atoms with van der Waals surface area (Å²) in [6.07, 6.45) is 2.32. The first-order valence-corrected chi connectivity index (χ1v) is 7.46. The zero-order valence-electron chi connectivity index (χ0n) is 12.4. The average molecular weight is 284 g/mol. The van der Waals surface area contributed by atoms with E-state index in [4.69, 9.17) is 16.3 Å². The first-order valence-electron chi connectivity index (χ1n) is 7.09. The van der Waals surface area contributed by atoms with Crippen LogP contribution in [-0.4, -0.2) is 25.8 Å². The molecule has 108 valence electrons. The van der Waals surface area contributed by atoms with Gasteiger partial charge in [0, 0.05) is 18.2 Å². The molecule has 1 rings (SSSR count). The maximum absolute atomic E-state index is 5.93. The van der Waals surface area contributed by atoms with Gasteiger partial charge in [0.1, 0.15) is 0 Å². The van der Waals surface area contributed by atoms with Gasteiger partial charge >= 0.3 is 0 Å². The Bertz CT molecular complexity index is 350. The summed E-state index contributed by atoms with van der Waals surface area (Å²) in [4.78, 5) is 0. The van der Waals surface area contributed by atoms with Crippen LogP contribution in [0.15, 0.2) is 24.3 Å². The van der Waals surface area contributed by atoms with Gasteiger partial charge in [-0.05, 0) is 43.0 Å². The number of benzene rings is 1. The molecular formula is C16H26ClNO. The Hall–Kier alpha value is -0.570. The molecule has 0 aromatic heterocycles. The molecule has 0 heterocycles. The number of halogens is 1. The predicted molar refractivity (Wildman–Crippen MR) is 82.9 cm³/mol. The smallest absolute Gasteiger partial charge is 0.0750 e. The van der Waals surface area contributed by atoms with Crippen molar-refractivity contribution in [2.45, 2.75) is 45.8 Å². The Kier molecular flexibility index (Phi) is 7.44. The van der Waals surface area contributed by atoms with E-state index in [0.29, 0.717) is 12.0 Å². The molecule has 2 unspecified atom stereocenters. The van der Waals surface area contributed by atoms with E-state index in [1.807, 2.05) is 12.1 Å². The number of ether oxygens (including phenoxy) is 1. The van der Waals surface area contributed by atoms with Gasteiger partial charge in [-0.15, -0.1) is 0 Å². The predicted octanol–water partition coefficient (Wildman–Crippen LogP) is 3.92. The fourth-order valence-electron chi connectivity index (χ4n) is 2.41. The number of hydrogen-bond acceptors (Lipinski definition) is 2. The third-order valence-electron chi connectivity index (χ3n) is 3.35. The molecule has 1 aromatic carbocycles. The summed E-state index contributed by atoms with van der Waals surface area (Å²) >= 11 is 5.93. The molecular weight excluding hydrogens is 258 g/mol. The zero-order chi connectivity index (χ0) is 14.3. The minimum absolute atomic E-state index is 0.224. The molecule has 3 heteroatoms. The molecule has 0 saturated heterocycles. The monoisotopic (exact) mass is 283 g/mol. The van der Waals surface area contributed by atoms with Crippen molar-refractivity contribution in [1.29, 1.82) is 0 Å². The number of rotatable bonds is 8. The van der Waals surface area contributed by atoms with E-state index in [9.17, 15) is 0 Å². The van der Waals surface area contributed by atoms with Crippen LogP contribution in [0.25, 0.3) is 0 Å². The van der Waals surface area contributed by atoms with Crippen molar-refractivity contribution in [2.75, 3.05) is 13.7 Å². The highest BCUT2D eigenvalue weighted by molar-refractivity contribution is 6.30. The molecule has 1 N–H and O–H groups in total. The van der Waals surface area contributed by atoms with Crippen molar-refractivity contribution in [3.8, 4) is 0 Å². The second-order valence-electron chi connectivity index (χ2n) is 5.34. The lowest BCUT2D eigenvalue weighted by atomic mass is 9.93. The SMILES string of the molecule is CCCNC(Cc1ccc(Cl)cc1)C(OC)C(C)C. The maximum atomic E-state index is 5.93. The van der Waals surface area contributed by atoms with E-state index < -0.39 is 0 Å². The van der Waals surface area contributed by atoms with Crippen molar-refractivity contribution < 1.29 is 4.74 Å². The van der Waals surface area contributed by atoms with Gasteiger partial charge in [-0.1, -0.05) is 44.5 Å². The zero-order valence-corrected chi connectivity index (χ0v) is 13.2. The average Bonchev–Trinajstić information content (AvgIpc) is 2.38. The summed E-state index contributed by atoms with van der Waals surface area (Å²) in [5.74, 6) is 0.492. The molecule has 0 saturated carbocycles. The highest BCUT2D eigenvalue weighted by Crippen LogP contribution is 2.17. The lowest BCUT2D eigenvalue weighted by Crippen LogP contribution is -2.45. The van der Waals surface area contributed by atoms with Crippen LogP contribution in [0, 0.1) is 5.92 Å². The first-order chi connectivity index (χ1) is 9.08. The molecule has 0 bridgehead atoms. The standard InChI is InChI=1S/C16H26ClNO/c1-5-10-18-15(16(19-4)12(2)3)11-13-6-8-14(17)9-7-13/h6-9,12,15-16,18H,5,10-11H2,1-4H3. The number of hydrogen-bond donors (Lipinski definition) is 1. The van der Waals surface area contributed by atoms with Crippen molar-refractivity contribution >= 4 is 11.6 Å². The fraction of sp³-hybridized carbons (Fsp3) is 0.625. The van der Waals surface area contributed by atoms with Gasteiger partial charge in [-0.3, -0.25) is 0 Å². The largest absolute Gasteiger partial charge is 0.380 e. The molecule has 19 heavy (non-hydrogen) atoms. The van der Waals surface area contributed by atoms with E-state index in [1.54, 1.807) is 7.11 Å². The second-order valence-corrected chi connectivity index (χ2v) is 5.77. The summed E-state index contributed by atoms with van der Waals surface area (Å²) < 4.78 is 5.68. The number of methoxy groups -OCH3 is 1. The Morgan fingerprint density at radius 1 is 1.21 bits per heavy atom. The van der Waals surface area contributed by atoms with E-state index in [-0.39, 0.29) is 6.10 Å². The molecule has 2 nitrogen and oxygen atoms in total. The molecule has 0 aliphatic heterocycles. The summed E-state index contributed by atoms with van der Waals surface area (Å²) in [5.41, 5.74) is 1.29. The Morgan fingerprint density at radius 3 is 2.32 bits per heavy atom. The van der Waals surface area contributed by atoms with Gasteiger partial charge in [0.15, 0.2) is 0 Å². The van der Waals surface area contributed by atoms with Crippen molar-refractivity contribution in [3.05, 3.63) is 34.9 Å². The van der Waals surface area contributed by atoms with Gasteiger partial charge in [0.25, 0.3) is 0 Å². The van der Waals surface area contributed by atoms with Crippen molar-refractivity contribution in [3.63, 3.8) is 0 Å². The van der Waals surface area contributed by atoms with Crippen molar-refractivity contribution in [1.82, 2.24) is 5.32 Å². The third kappa shape index (κ3) is 5.52. The van der Waals surface area contributed by atoms with Crippen LogP contribution in [-0.2, 0) is 11.2 Å². The molecule has 0 radical (unpaired) electrons. The van der Waals surface area contributed by atoms with Gasteiger partial charge in [0.2, 0.25) is 0 Å². The highest BCUT2D eigenvalue weighted by Gasteiger charge is 2.23. The molecule has 0 aliphatic carbocycles. The highest BCUT2D eigenvalue weighted by atomic mass is 35.5. The Labute approximate surface area is 122 Å². The van der Waals surface area contributed by atoms with Gasteiger partial charge in [0.05, 0.1) is 6.10 Å². The quantitative estimate of drug-likeness (QED) is 0.781. The van der Waals surface area contributed by atoms with Crippen LogP contribution in [0.2, 0.25) is 5.02 Å². The lowest BCUT2D eigenvalue weighted by Gasteiger charge is -2.30. The molecule has 0 spiro atoms. The lowest BCUT2D eigenvalue weighted by molar-refractivity contribution is 0.0332. The van der Waals surface area contributed by atoms with E-state index in [0.717, 1.165) is 24.4 Å². The molecule has 0 amide bonds. The summed E-state index contributed by atoms with van der Waals surface area (Å²) in [5, 5.41) is 4.39. The van der Waals surface area contributed by atoms with Crippen LogP contribution in [0.4, 0.5) is 0 Å². The summed E-state index contributed by atoms with van der Waals surface area (Å²) in [6.45, 7) is 7.61. The molecule has 2 atom stereocenters. The van der Waals surface area contributed by atoms with Crippen molar-refractivity contribution in [2.24, 2.45) is 5.92 Å². The van der Waals surface area contributed by atoms with Crippen LogP contribution in [0.3, 0.4) is 0 Å². The van der Waals surface area contributed by atoms with E-state index >= 15 is 0 Å². The minimum Gasteiger partial charge on any atom is -0.380 e. The van der Waals surface area contributed by atoms with Gasteiger partial charge in [-0.25, -0.2) is 0 Å². The minimum atomic E-state index is 0.224. The van der Waals surface area contributed by atoms with E-state index in [1.165, 1.54) is 5.56 Å². The Balaban J connectivity index is 2.75. The number of nitrogens with one attached hydrogen (secondary N) is 1. The normalized spacial score (nSPS) is 14.6. The van der Waals surface area contributed by atoms with Gasteiger partial charge < -0.3 is 10.1 Å². The fourth-order valence-corrected chi connectivity index (χ4v) is 2.54. The second kappa shape index (κ2) is 8.57. The Morgan fingerprint density at radius 2 is 1.84 bits per heavy atom. The van der Waals surface area contributed by atoms with E-state index in [2.05, 4.69) is 38.2 Å². The molecule has 0 fully saturated rings. The third-order valence-corrected chi connectivity index (χ3v) is 3.60. The van der Waals surface area contributed by atoms with Crippen LogP contribution in [0.5, 0.6) is 0 Å². The van der Waals surface area contributed by atoms with Gasteiger partial charge in [-0.2, -0.15) is 0 Å². The molecule has 1 aromatic rings. The first kappa shape index (κ1) is 16.5. The van der Waals surface area contributed by atoms with Crippen LogP contribution < -0.4 is 5.32 Å². The summed E-state index contributed by atoms with van der Waals surface area (Å²) in [7, 11) is 1.80. The maximum Gasteiger partial charge on any atom is 0.0750 e. The topological polar surface area (TPSA) is 21.3 Å².